The molecule has 3 unspecified atom stereocenters. The standard InChI is InChI=1S/C23H36N4O3/c1-22(2,3)30-21(28)27-15-7-5-9-20(27)29-23(26-16-13-24-14-17-26)11-10-18(23)19-8-4-6-12-25-19/h4,6,8,12,18,20,24H,5,7,9-11,13-17H2,1-3H3. The molecule has 2 aliphatic heterocycles. The fourth-order valence-electron chi connectivity index (χ4n) is 4.92. The van der Waals surface area contributed by atoms with E-state index in [-0.39, 0.29) is 18.2 Å². The minimum atomic E-state index is -0.512. The fraction of sp³-hybridized carbons (Fsp3) is 0.739. The summed E-state index contributed by atoms with van der Waals surface area (Å²) in [5, 5.41) is 3.45. The molecule has 7 nitrogen and oxygen atoms in total. The number of hydrogen-bond donors (Lipinski definition) is 1. The van der Waals surface area contributed by atoms with Crippen LogP contribution in [0.1, 0.15) is 64.5 Å². The van der Waals surface area contributed by atoms with Crippen LogP contribution in [0.4, 0.5) is 4.79 Å². The molecule has 2 saturated heterocycles. The molecule has 3 atom stereocenters. The van der Waals surface area contributed by atoms with E-state index in [0.717, 1.165) is 64.0 Å². The number of likely N-dealkylation sites (tertiary alicyclic amines) is 1. The predicted molar refractivity (Wildman–Crippen MR) is 115 cm³/mol. The van der Waals surface area contributed by atoms with Crippen molar-refractivity contribution in [1.29, 1.82) is 0 Å². The molecule has 1 aromatic rings. The molecule has 1 saturated carbocycles. The Bertz CT molecular complexity index is 717. The van der Waals surface area contributed by atoms with Crippen LogP contribution in [0.2, 0.25) is 0 Å². The highest BCUT2D eigenvalue weighted by Crippen LogP contribution is 2.51. The zero-order valence-electron chi connectivity index (χ0n) is 18.6. The largest absolute Gasteiger partial charge is 0.444 e. The topological polar surface area (TPSA) is 66.9 Å². The first-order valence-corrected chi connectivity index (χ1v) is 11.4. The van der Waals surface area contributed by atoms with Crippen LogP contribution in [0, 0.1) is 0 Å². The Balaban J connectivity index is 1.58. The number of aromatic nitrogens is 1. The average molecular weight is 417 g/mol. The molecular weight excluding hydrogens is 380 g/mol. The Morgan fingerprint density at radius 3 is 2.60 bits per heavy atom. The number of ether oxygens (including phenoxy) is 2. The quantitative estimate of drug-likeness (QED) is 0.812. The second-order valence-electron chi connectivity index (χ2n) is 9.67. The van der Waals surface area contributed by atoms with Gasteiger partial charge in [0.15, 0.2) is 0 Å². The lowest BCUT2D eigenvalue weighted by molar-refractivity contribution is -0.272. The van der Waals surface area contributed by atoms with Gasteiger partial charge in [0.1, 0.15) is 17.6 Å². The van der Waals surface area contributed by atoms with E-state index in [2.05, 4.69) is 27.3 Å². The third-order valence-corrected chi connectivity index (χ3v) is 6.45. The van der Waals surface area contributed by atoms with Gasteiger partial charge in [0.2, 0.25) is 0 Å². The van der Waals surface area contributed by atoms with Gasteiger partial charge in [-0.3, -0.25) is 14.8 Å². The van der Waals surface area contributed by atoms with Crippen LogP contribution in [-0.4, -0.2) is 71.2 Å². The number of nitrogens with one attached hydrogen (secondary N) is 1. The van der Waals surface area contributed by atoms with E-state index in [9.17, 15) is 4.79 Å². The van der Waals surface area contributed by atoms with Crippen molar-refractivity contribution in [2.24, 2.45) is 0 Å². The number of nitrogens with zero attached hydrogens (tertiary/aromatic N) is 3. The summed E-state index contributed by atoms with van der Waals surface area (Å²) in [6, 6.07) is 6.12. The summed E-state index contributed by atoms with van der Waals surface area (Å²) in [6.07, 6.45) is 6.27. The molecule has 7 heteroatoms. The van der Waals surface area contributed by atoms with Gasteiger partial charge in [0.05, 0.1) is 0 Å². The highest BCUT2D eigenvalue weighted by molar-refractivity contribution is 5.68. The number of carbonyl (C=O) groups is 1. The number of piperidine rings is 1. The highest BCUT2D eigenvalue weighted by atomic mass is 16.6. The maximum absolute atomic E-state index is 12.9. The Morgan fingerprint density at radius 2 is 1.97 bits per heavy atom. The molecule has 166 valence electrons. The van der Waals surface area contributed by atoms with E-state index in [1.54, 1.807) is 0 Å². The van der Waals surface area contributed by atoms with Crippen molar-refractivity contribution in [1.82, 2.24) is 20.1 Å². The molecule has 1 aromatic heterocycles. The molecule has 1 amide bonds. The molecule has 0 aromatic carbocycles. The van der Waals surface area contributed by atoms with E-state index in [0.29, 0.717) is 6.54 Å². The van der Waals surface area contributed by atoms with Gasteiger partial charge >= 0.3 is 6.09 Å². The monoisotopic (exact) mass is 416 g/mol. The van der Waals surface area contributed by atoms with Crippen molar-refractivity contribution < 1.29 is 14.3 Å². The molecule has 0 radical (unpaired) electrons. The van der Waals surface area contributed by atoms with Gasteiger partial charge in [-0.1, -0.05) is 6.07 Å². The molecular formula is C23H36N4O3. The first kappa shape index (κ1) is 21.5. The van der Waals surface area contributed by atoms with Crippen molar-refractivity contribution in [3.63, 3.8) is 0 Å². The Morgan fingerprint density at radius 1 is 1.17 bits per heavy atom. The summed E-state index contributed by atoms with van der Waals surface area (Å²) in [6.45, 7) is 10.2. The molecule has 3 aliphatic rings. The van der Waals surface area contributed by atoms with Crippen molar-refractivity contribution in [2.75, 3.05) is 32.7 Å². The van der Waals surface area contributed by atoms with Crippen molar-refractivity contribution in [2.45, 2.75) is 76.3 Å². The molecule has 3 heterocycles. The zero-order chi connectivity index (χ0) is 21.2. The maximum Gasteiger partial charge on any atom is 0.412 e. The number of amides is 1. The van der Waals surface area contributed by atoms with E-state index in [1.165, 1.54) is 0 Å². The third kappa shape index (κ3) is 4.48. The van der Waals surface area contributed by atoms with Crippen LogP contribution in [0.3, 0.4) is 0 Å². The Kier molecular flexibility index (Phi) is 6.32. The Labute approximate surface area is 180 Å². The molecule has 0 spiro atoms. The highest BCUT2D eigenvalue weighted by Gasteiger charge is 2.55. The van der Waals surface area contributed by atoms with Crippen LogP contribution in [-0.2, 0) is 9.47 Å². The number of carbonyl (C=O) groups excluding carboxylic acids is 1. The van der Waals surface area contributed by atoms with E-state index in [1.807, 2.05) is 37.9 Å². The second-order valence-corrected chi connectivity index (χ2v) is 9.67. The van der Waals surface area contributed by atoms with Gasteiger partial charge in [0.25, 0.3) is 0 Å². The zero-order valence-corrected chi connectivity index (χ0v) is 18.6. The number of pyridine rings is 1. The minimum Gasteiger partial charge on any atom is -0.444 e. The Hall–Kier alpha value is -1.70. The van der Waals surface area contributed by atoms with E-state index >= 15 is 0 Å². The van der Waals surface area contributed by atoms with Crippen LogP contribution in [0.5, 0.6) is 0 Å². The van der Waals surface area contributed by atoms with Crippen LogP contribution < -0.4 is 5.32 Å². The lowest BCUT2D eigenvalue weighted by atomic mass is 9.71. The van der Waals surface area contributed by atoms with Crippen LogP contribution in [0.25, 0.3) is 0 Å². The predicted octanol–water partition coefficient (Wildman–Crippen LogP) is 3.32. The van der Waals surface area contributed by atoms with Gasteiger partial charge in [-0.05, 0) is 65.0 Å². The molecule has 0 bridgehead atoms. The summed E-state index contributed by atoms with van der Waals surface area (Å²) < 4.78 is 12.7. The van der Waals surface area contributed by atoms with Crippen molar-refractivity contribution in [3.8, 4) is 0 Å². The van der Waals surface area contributed by atoms with E-state index < -0.39 is 11.3 Å². The summed E-state index contributed by atoms with van der Waals surface area (Å²) in [4.78, 5) is 21.9. The molecule has 1 N–H and O–H groups in total. The van der Waals surface area contributed by atoms with Crippen LogP contribution in [0.15, 0.2) is 24.4 Å². The first-order valence-electron chi connectivity index (χ1n) is 11.4. The van der Waals surface area contributed by atoms with Gasteiger partial charge in [0, 0.05) is 50.5 Å². The number of piperazine rings is 1. The van der Waals surface area contributed by atoms with Gasteiger partial charge in [-0.25, -0.2) is 4.79 Å². The van der Waals surface area contributed by atoms with Crippen molar-refractivity contribution in [3.05, 3.63) is 30.1 Å². The summed E-state index contributed by atoms with van der Waals surface area (Å²) in [5.74, 6) is 0.221. The lowest BCUT2D eigenvalue weighted by Crippen LogP contribution is -2.67. The smallest absolute Gasteiger partial charge is 0.412 e. The van der Waals surface area contributed by atoms with Crippen LogP contribution >= 0.6 is 0 Å². The maximum atomic E-state index is 12.9. The molecule has 4 rings (SSSR count). The molecule has 1 aliphatic carbocycles. The summed E-state index contributed by atoms with van der Waals surface area (Å²) in [7, 11) is 0. The number of hydrogen-bond acceptors (Lipinski definition) is 6. The lowest BCUT2D eigenvalue weighted by Gasteiger charge is -2.58. The fourth-order valence-corrected chi connectivity index (χ4v) is 4.92. The normalized spacial score (nSPS) is 30.6. The third-order valence-electron chi connectivity index (χ3n) is 6.45. The SMILES string of the molecule is CC(C)(C)OC(=O)N1CCCCC1OC1(N2CCNCC2)CCC1c1ccccn1. The minimum absolute atomic E-state index is 0.221. The summed E-state index contributed by atoms with van der Waals surface area (Å²) in [5.41, 5.74) is 0.169. The molecule has 30 heavy (non-hydrogen) atoms. The first-order chi connectivity index (χ1) is 14.4. The summed E-state index contributed by atoms with van der Waals surface area (Å²) >= 11 is 0. The molecule has 3 fully saturated rings. The average Bonchev–Trinajstić information content (AvgIpc) is 2.71. The van der Waals surface area contributed by atoms with Gasteiger partial charge in [-0.15, -0.1) is 0 Å². The number of rotatable bonds is 4. The van der Waals surface area contributed by atoms with Gasteiger partial charge < -0.3 is 14.8 Å². The van der Waals surface area contributed by atoms with E-state index in [4.69, 9.17) is 9.47 Å². The second kappa shape index (κ2) is 8.81. The van der Waals surface area contributed by atoms with Crippen molar-refractivity contribution >= 4 is 6.09 Å². The van der Waals surface area contributed by atoms with Gasteiger partial charge in [-0.2, -0.15) is 0 Å².